The summed E-state index contributed by atoms with van der Waals surface area (Å²) in [7, 11) is 2.63. The molecule has 0 bridgehead atoms. The van der Waals surface area contributed by atoms with Crippen molar-refractivity contribution in [1.82, 2.24) is 0 Å². The molecule has 0 radical (unpaired) electrons. The summed E-state index contributed by atoms with van der Waals surface area (Å²) in [5, 5.41) is 0. The van der Waals surface area contributed by atoms with Gasteiger partial charge in [0.15, 0.2) is 5.41 Å². The number of carbonyl (C=O) groups is 2. The van der Waals surface area contributed by atoms with Crippen molar-refractivity contribution >= 4 is 17.5 Å². The van der Waals surface area contributed by atoms with Crippen LogP contribution in [0.15, 0.2) is 36.9 Å². The second-order valence-electron chi connectivity index (χ2n) is 6.43. The Hall–Kier alpha value is -2.10. The summed E-state index contributed by atoms with van der Waals surface area (Å²) in [4.78, 5) is 25.3. The lowest BCUT2D eigenvalue weighted by atomic mass is 9.79. The number of esters is 2. The van der Waals surface area contributed by atoms with Crippen molar-refractivity contribution in [2.24, 2.45) is 16.7 Å². The molecule has 0 N–H and O–H groups in total. The number of carbonyl (C=O) groups excluding carboxylic acids is 2. The van der Waals surface area contributed by atoms with Crippen molar-refractivity contribution in [2.45, 2.75) is 33.1 Å². The van der Waals surface area contributed by atoms with E-state index in [-0.39, 0.29) is 5.92 Å². The molecule has 0 aliphatic heterocycles. The summed E-state index contributed by atoms with van der Waals surface area (Å²) < 4.78 is 10.0. The number of hydrogen-bond donors (Lipinski definition) is 0. The first kappa shape index (κ1) is 18.2. The average molecular weight is 330 g/mol. The first-order valence-electron chi connectivity index (χ1n) is 8.36. The van der Waals surface area contributed by atoms with Gasteiger partial charge in [0.25, 0.3) is 0 Å². The van der Waals surface area contributed by atoms with Crippen LogP contribution in [0.5, 0.6) is 0 Å². The van der Waals surface area contributed by atoms with Gasteiger partial charge in [0.2, 0.25) is 0 Å². The third kappa shape index (κ3) is 2.27. The molecule has 1 aromatic rings. The minimum absolute atomic E-state index is 0.218. The third-order valence-corrected chi connectivity index (χ3v) is 5.61. The highest BCUT2D eigenvalue weighted by Crippen LogP contribution is 2.77. The molecule has 1 saturated carbocycles. The molecule has 1 fully saturated rings. The zero-order valence-corrected chi connectivity index (χ0v) is 14.9. The van der Waals surface area contributed by atoms with Crippen LogP contribution in [0.1, 0.15) is 38.7 Å². The Morgan fingerprint density at radius 2 is 1.67 bits per heavy atom. The number of ether oxygens (including phenoxy) is 2. The zero-order valence-electron chi connectivity index (χ0n) is 14.9. The SMILES string of the molecule is C=C(c1ccccc1)[C@]1(CCCC)[C@H](C)C1(C(=O)OC)C(=O)OC. The van der Waals surface area contributed by atoms with E-state index in [2.05, 4.69) is 13.5 Å². The van der Waals surface area contributed by atoms with Crippen molar-refractivity contribution in [1.29, 1.82) is 0 Å². The van der Waals surface area contributed by atoms with Gasteiger partial charge in [-0.3, -0.25) is 9.59 Å². The van der Waals surface area contributed by atoms with Crippen LogP contribution < -0.4 is 0 Å². The van der Waals surface area contributed by atoms with Crippen LogP contribution in [-0.2, 0) is 19.1 Å². The minimum Gasteiger partial charge on any atom is -0.468 e. The van der Waals surface area contributed by atoms with Gasteiger partial charge in [-0.05, 0) is 23.5 Å². The molecular formula is C20H26O4. The number of allylic oxidation sites excluding steroid dienone is 1. The van der Waals surface area contributed by atoms with Crippen molar-refractivity contribution in [2.75, 3.05) is 14.2 Å². The second kappa shape index (κ2) is 6.80. The molecule has 0 heterocycles. The lowest BCUT2D eigenvalue weighted by molar-refractivity contribution is -0.163. The molecule has 0 saturated heterocycles. The lowest BCUT2D eigenvalue weighted by Gasteiger charge is -2.25. The first-order chi connectivity index (χ1) is 11.4. The number of unbranched alkanes of at least 4 members (excludes halogenated alkanes) is 1. The van der Waals surface area contributed by atoms with Crippen LogP contribution >= 0.6 is 0 Å². The molecule has 1 aliphatic rings. The Labute approximate surface area is 143 Å². The standard InChI is InChI=1S/C20H26O4/c1-6-7-13-19(14(2)16-11-9-8-10-12-16)15(3)20(19,17(21)23-4)18(22)24-5/h8-12,15H,2,6-7,13H2,1,3-5H3/t15-,19+/m0/s1. The quantitative estimate of drug-likeness (QED) is 0.563. The zero-order chi connectivity index (χ0) is 18.0. The van der Waals surface area contributed by atoms with Gasteiger partial charge in [-0.1, -0.05) is 63.6 Å². The summed E-state index contributed by atoms with van der Waals surface area (Å²) in [5.41, 5.74) is -0.224. The van der Waals surface area contributed by atoms with E-state index in [9.17, 15) is 9.59 Å². The molecule has 130 valence electrons. The number of methoxy groups -OCH3 is 2. The molecule has 2 atom stereocenters. The maximum atomic E-state index is 12.7. The number of rotatable bonds is 7. The second-order valence-corrected chi connectivity index (χ2v) is 6.43. The number of benzene rings is 1. The van der Waals surface area contributed by atoms with E-state index < -0.39 is 22.8 Å². The van der Waals surface area contributed by atoms with Crippen molar-refractivity contribution in [3.8, 4) is 0 Å². The van der Waals surface area contributed by atoms with E-state index in [1.165, 1.54) is 14.2 Å². The maximum absolute atomic E-state index is 12.7. The van der Waals surface area contributed by atoms with Crippen LogP contribution in [0, 0.1) is 16.7 Å². The largest absolute Gasteiger partial charge is 0.468 e. The predicted octanol–water partition coefficient (Wildman–Crippen LogP) is 3.86. The molecule has 0 aromatic heterocycles. The van der Waals surface area contributed by atoms with Gasteiger partial charge in [-0.25, -0.2) is 0 Å². The van der Waals surface area contributed by atoms with E-state index in [0.29, 0.717) is 6.42 Å². The molecule has 1 aliphatic carbocycles. The highest BCUT2D eigenvalue weighted by Gasteiger charge is 2.84. The van der Waals surface area contributed by atoms with E-state index in [1.807, 2.05) is 37.3 Å². The molecule has 2 rings (SSSR count). The summed E-state index contributed by atoms with van der Waals surface area (Å²) in [5.74, 6) is -1.28. The Kier molecular flexibility index (Phi) is 5.16. The molecule has 0 unspecified atom stereocenters. The first-order valence-corrected chi connectivity index (χ1v) is 8.36. The van der Waals surface area contributed by atoms with Crippen LogP contribution in [-0.4, -0.2) is 26.2 Å². The van der Waals surface area contributed by atoms with E-state index in [1.54, 1.807) is 0 Å². The Morgan fingerprint density at radius 1 is 1.12 bits per heavy atom. The summed E-state index contributed by atoms with van der Waals surface area (Å²) in [6, 6.07) is 9.71. The van der Waals surface area contributed by atoms with Gasteiger partial charge in [-0.2, -0.15) is 0 Å². The summed E-state index contributed by atoms with van der Waals surface area (Å²) in [6.45, 7) is 8.28. The average Bonchev–Trinajstić information content (AvgIpc) is 3.18. The lowest BCUT2D eigenvalue weighted by Crippen LogP contribution is -2.35. The van der Waals surface area contributed by atoms with Gasteiger partial charge in [-0.15, -0.1) is 0 Å². The monoisotopic (exact) mass is 330 g/mol. The normalized spacial score (nSPS) is 24.1. The Morgan fingerprint density at radius 3 is 2.12 bits per heavy atom. The van der Waals surface area contributed by atoms with Gasteiger partial charge in [0.1, 0.15) is 0 Å². The smallest absolute Gasteiger partial charge is 0.324 e. The highest BCUT2D eigenvalue weighted by molar-refractivity contribution is 6.09. The predicted molar refractivity (Wildman–Crippen MR) is 93.1 cm³/mol. The van der Waals surface area contributed by atoms with Crippen LogP contribution in [0.4, 0.5) is 0 Å². The Bertz CT molecular complexity index is 618. The maximum Gasteiger partial charge on any atom is 0.324 e. The fourth-order valence-corrected chi connectivity index (χ4v) is 4.27. The van der Waals surface area contributed by atoms with E-state index >= 15 is 0 Å². The van der Waals surface area contributed by atoms with Crippen molar-refractivity contribution in [3.63, 3.8) is 0 Å². The van der Waals surface area contributed by atoms with Gasteiger partial charge in [0.05, 0.1) is 14.2 Å². The molecule has 24 heavy (non-hydrogen) atoms. The molecule has 0 amide bonds. The summed E-state index contributed by atoms with van der Waals surface area (Å²) in [6.07, 6.45) is 2.56. The van der Waals surface area contributed by atoms with Crippen LogP contribution in [0.25, 0.3) is 5.57 Å². The molecule has 0 spiro atoms. The van der Waals surface area contributed by atoms with Crippen molar-refractivity contribution in [3.05, 3.63) is 42.5 Å². The fourth-order valence-electron chi connectivity index (χ4n) is 4.27. The minimum atomic E-state index is -1.31. The van der Waals surface area contributed by atoms with E-state index in [4.69, 9.17) is 9.47 Å². The van der Waals surface area contributed by atoms with Gasteiger partial charge < -0.3 is 9.47 Å². The topological polar surface area (TPSA) is 52.6 Å². The molecule has 1 aromatic carbocycles. The summed E-state index contributed by atoms with van der Waals surface area (Å²) >= 11 is 0. The van der Waals surface area contributed by atoms with Crippen LogP contribution in [0.3, 0.4) is 0 Å². The highest BCUT2D eigenvalue weighted by atomic mass is 16.5. The number of hydrogen-bond acceptors (Lipinski definition) is 4. The van der Waals surface area contributed by atoms with Gasteiger partial charge >= 0.3 is 11.9 Å². The third-order valence-electron chi connectivity index (χ3n) is 5.61. The van der Waals surface area contributed by atoms with Crippen LogP contribution in [0.2, 0.25) is 0 Å². The Balaban J connectivity index is 2.58. The fraction of sp³-hybridized carbons (Fsp3) is 0.500. The molecule has 4 heteroatoms. The molecule has 4 nitrogen and oxygen atoms in total. The van der Waals surface area contributed by atoms with Gasteiger partial charge in [0, 0.05) is 5.41 Å². The van der Waals surface area contributed by atoms with Crippen molar-refractivity contribution < 1.29 is 19.1 Å². The molecular weight excluding hydrogens is 304 g/mol. The van der Waals surface area contributed by atoms with E-state index in [0.717, 1.165) is 24.0 Å².